The van der Waals surface area contributed by atoms with Gasteiger partial charge in [0.1, 0.15) is 0 Å². The molecular formula is C17H15Cl2N3O. The summed E-state index contributed by atoms with van der Waals surface area (Å²) in [5.74, 6) is -0.307. The van der Waals surface area contributed by atoms with Gasteiger partial charge in [-0.3, -0.25) is 10.2 Å². The zero-order chi connectivity index (χ0) is 16.6. The van der Waals surface area contributed by atoms with Gasteiger partial charge in [-0.25, -0.2) is 0 Å². The molecule has 0 unspecified atom stereocenters. The molecule has 2 aromatic carbocycles. The predicted octanol–water partition coefficient (Wildman–Crippen LogP) is 5.02. The quantitative estimate of drug-likeness (QED) is 0.531. The van der Waals surface area contributed by atoms with Gasteiger partial charge in [0.15, 0.2) is 11.0 Å². The lowest BCUT2D eigenvalue weighted by atomic mass is 10.1. The Hall–Kier alpha value is -2.04. The first-order chi connectivity index (χ1) is 11.0. The number of ketones is 1. The fraction of sp³-hybridized carbons (Fsp3) is 0.176. The van der Waals surface area contributed by atoms with E-state index in [1.54, 1.807) is 0 Å². The second-order valence-electron chi connectivity index (χ2n) is 5.15. The van der Waals surface area contributed by atoms with E-state index in [2.05, 4.69) is 28.1 Å². The van der Waals surface area contributed by atoms with Crippen LogP contribution in [0.5, 0.6) is 0 Å². The highest BCUT2D eigenvalue weighted by Crippen LogP contribution is 2.38. The third kappa shape index (κ3) is 2.69. The van der Waals surface area contributed by atoms with Crippen molar-refractivity contribution in [3.8, 4) is 0 Å². The molecule has 0 fully saturated rings. The number of anilines is 1. The summed E-state index contributed by atoms with van der Waals surface area (Å²) in [5, 5.41) is 6.35. The van der Waals surface area contributed by atoms with E-state index in [4.69, 9.17) is 23.2 Å². The standard InChI is InChI=1S/C17H15Cl2N3O/c1-3-22-13-7-5-4-6-11(13)15-14(22)9-8-12(16(15)18)20-21-17(19)10(2)23/h4-9,20H,3H2,1-2H3/b21-17-. The number of hydrogen-bond donors (Lipinski definition) is 1. The van der Waals surface area contributed by atoms with Gasteiger partial charge in [-0.1, -0.05) is 41.4 Å². The summed E-state index contributed by atoms with van der Waals surface area (Å²) in [4.78, 5) is 11.1. The summed E-state index contributed by atoms with van der Waals surface area (Å²) >= 11 is 12.3. The summed E-state index contributed by atoms with van der Waals surface area (Å²) in [6.07, 6.45) is 0. The van der Waals surface area contributed by atoms with Crippen LogP contribution in [0.2, 0.25) is 5.02 Å². The van der Waals surface area contributed by atoms with Gasteiger partial charge in [-0.05, 0) is 25.1 Å². The lowest BCUT2D eigenvalue weighted by molar-refractivity contribution is -0.110. The molecule has 0 bridgehead atoms. The number of hydrogen-bond acceptors (Lipinski definition) is 3. The van der Waals surface area contributed by atoms with E-state index in [9.17, 15) is 4.79 Å². The van der Waals surface area contributed by atoms with Crippen molar-refractivity contribution >= 4 is 61.6 Å². The predicted molar refractivity (Wildman–Crippen MR) is 97.7 cm³/mol. The SMILES string of the molecule is CCn1c2ccccc2c2c(Cl)c(N/N=C(\Cl)C(C)=O)ccc21. The molecule has 0 aliphatic heterocycles. The first-order valence-electron chi connectivity index (χ1n) is 7.24. The van der Waals surface area contributed by atoms with Gasteiger partial charge in [0.2, 0.25) is 0 Å². The zero-order valence-corrected chi connectivity index (χ0v) is 14.2. The highest BCUT2D eigenvalue weighted by molar-refractivity contribution is 6.82. The third-order valence-corrected chi connectivity index (χ3v) is 4.50. The van der Waals surface area contributed by atoms with E-state index in [1.165, 1.54) is 6.92 Å². The molecular weight excluding hydrogens is 333 g/mol. The highest BCUT2D eigenvalue weighted by atomic mass is 35.5. The molecule has 0 aliphatic rings. The minimum Gasteiger partial charge on any atom is -0.341 e. The Kier molecular flexibility index (Phi) is 4.28. The molecule has 118 valence electrons. The van der Waals surface area contributed by atoms with Gasteiger partial charge in [0.05, 0.1) is 16.2 Å². The van der Waals surface area contributed by atoms with Crippen LogP contribution >= 0.6 is 23.2 Å². The first kappa shape index (κ1) is 15.8. The second kappa shape index (κ2) is 6.22. The maximum absolute atomic E-state index is 11.1. The number of carbonyl (C=O) groups is 1. The van der Waals surface area contributed by atoms with Crippen molar-refractivity contribution in [3.05, 3.63) is 41.4 Å². The van der Waals surface area contributed by atoms with Crippen molar-refractivity contribution in [2.24, 2.45) is 5.10 Å². The van der Waals surface area contributed by atoms with Crippen LogP contribution < -0.4 is 5.43 Å². The zero-order valence-electron chi connectivity index (χ0n) is 12.7. The van der Waals surface area contributed by atoms with Gasteiger partial charge in [-0.15, -0.1) is 0 Å². The summed E-state index contributed by atoms with van der Waals surface area (Å²) in [7, 11) is 0. The number of rotatable bonds is 4. The molecule has 6 heteroatoms. The molecule has 0 atom stereocenters. The molecule has 1 heterocycles. The Morgan fingerprint density at radius 3 is 2.65 bits per heavy atom. The van der Waals surface area contributed by atoms with E-state index < -0.39 is 0 Å². The topological polar surface area (TPSA) is 46.4 Å². The Labute approximate surface area is 143 Å². The van der Waals surface area contributed by atoms with Gasteiger partial charge in [-0.2, -0.15) is 5.10 Å². The maximum atomic E-state index is 11.1. The molecule has 0 aliphatic carbocycles. The molecule has 1 N–H and O–H groups in total. The second-order valence-corrected chi connectivity index (χ2v) is 5.89. The smallest absolute Gasteiger partial charge is 0.191 e. The number of Topliss-reactive ketones (excluding diaryl/α,β-unsaturated/α-hetero) is 1. The number of aryl methyl sites for hydroxylation is 1. The number of nitrogens with one attached hydrogen (secondary N) is 1. The van der Waals surface area contributed by atoms with Crippen LogP contribution in [0.1, 0.15) is 13.8 Å². The van der Waals surface area contributed by atoms with Crippen LogP contribution in [-0.4, -0.2) is 15.5 Å². The number of nitrogens with zero attached hydrogens (tertiary/aromatic N) is 2. The van der Waals surface area contributed by atoms with E-state index in [-0.39, 0.29) is 11.0 Å². The van der Waals surface area contributed by atoms with Crippen LogP contribution in [0.3, 0.4) is 0 Å². The van der Waals surface area contributed by atoms with Gasteiger partial charge >= 0.3 is 0 Å². The molecule has 23 heavy (non-hydrogen) atoms. The van der Waals surface area contributed by atoms with Gasteiger partial charge in [0.25, 0.3) is 0 Å². The fourth-order valence-corrected chi connectivity index (χ4v) is 3.06. The van der Waals surface area contributed by atoms with E-state index in [0.717, 1.165) is 28.4 Å². The molecule has 0 spiro atoms. The lowest BCUT2D eigenvalue weighted by Gasteiger charge is -2.07. The van der Waals surface area contributed by atoms with E-state index in [0.29, 0.717) is 10.7 Å². The number of hydrazone groups is 1. The Morgan fingerprint density at radius 1 is 1.22 bits per heavy atom. The monoisotopic (exact) mass is 347 g/mol. The minimum atomic E-state index is -0.307. The Morgan fingerprint density at radius 2 is 1.96 bits per heavy atom. The van der Waals surface area contributed by atoms with Crippen molar-refractivity contribution in [1.82, 2.24) is 4.57 Å². The molecule has 3 aromatic rings. The van der Waals surface area contributed by atoms with Crippen LogP contribution in [0.4, 0.5) is 5.69 Å². The summed E-state index contributed by atoms with van der Waals surface area (Å²) in [6.45, 7) is 4.30. The Bertz CT molecular complexity index is 944. The maximum Gasteiger partial charge on any atom is 0.191 e. The average Bonchev–Trinajstić information content (AvgIpc) is 2.88. The summed E-state index contributed by atoms with van der Waals surface area (Å²) in [5.41, 5.74) is 5.58. The number of halogens is 2. The largest absolute Gasteiger partial charge is 0.341 e. The van der Waals surface area contributed by atoms with Crippen molar-refractivity contribution in [3.63, 3.8) is 0 Å². The fourth-order valence-electron chi connectivity index (χ4n) is 2.71. The molecule has 0 amide bonds. The van der Waals surface area contributed by atoms with E-state index >= 15 is 0 Å². The van der Waals surface area contributed by atoms with Crippen molar-refractivity contribution < 1.29 is 4.79 Å². The molecule has 0 saturated carbocycles. The minimum absolute atomic E-state index is 0.114. The number of benzene rings is 2. The number of para-hydroxylation sites is 1. The van der Waals surface area contributed by atoms with Gasteiger partial charge in [0, 0.05) is 29.8 Å². The molecule has 3 rings (SSSR count). The van der Waals surface area contributed by atoms with Crippen LogP contribution in [0, 0.1) is 0 Å². The molecule has 0 saturated heterocycles. The van der Waals surface area contributed by atoms with Gasteiger partial charge < -0.3 is 4.57 Å². The molecule has 0 radical (unpaired) electrons. The van der Waals surface area contributed by atoms with Crippen LogP contribution in [0.15, 0.2) is 41.5 Å². The van der Waals surface area contributed by atoms with Crippen LogP contribution in [-0.2, 0) is 11.3 Å². The van der Waals surface area contributed by atoms with Crippen molar-refractivity contribution in [2.45, 2.75) is 20.4 Å². The normalized spacial score (nSPS) is 12.1. The summed E-state index contributed by atoms with van der Waals surface area (Å²) in [6, 6.07) is 12.0. The van der Waals surface area contributed by atoms with E-state index in [1.807, 2.05) is 30.3 Å². The highest BCUT2D eigenvalue weighted by Gasteiger charge is 2.14. The first-order valence-corrected chi connectivity index (χ1v) is 7.99. The number of fused-ring (bicyclic) bond motifs is 3. The average molecular weight is 348 g/mol. The third-order valence-electron chi connectivity index (χ3n) is 3.76. The Balaban J connectivity index is 2.21. The van der Waals surface area contributed by atoms with Crippen molar-refractivity contribution in [1.29, 1.82) is 0 Å². The van der Waals surface area contributed by atoms with Crippen LogP contribution in [0.25, 0.3) is 21.8 Å². The number of aromatic nitrogens is 1. The van der Waals surface area contributed by atoms with Crippen molar-refractivity contribution in [2.75, 3.05) is 5.43 Å². The lowest BCUT2D eigenvalue weighted by Crippen LogP contribution is -2.04. The summed E-state index contributed by atoms with van der Waals surface area (Å²) < 4.78 is 2.21. The number of carbonyl (C=O) groups excluding carboxylic acids is 1. The molecule has 1 aromatic heterocycles. The molecule has 4 nitrogen and oxygen atoms in total.